The molecule has 1 aromatic heterocycles. The van der Waals surface area contributed by atoms with E-state index in [1.54, 1.807) is 66.9 Å². The lowest BCUT2D eigenvalue weighted by molar-refractivity contribution is -0.117. The first-order chi connectivity index (χ1) is 22.4. The third-order valence-electron chi connectivity index (χ3n) is 6.97. The third kappa shape index (κ3) is 7.22. The number of para-hydroxylation sites is 2. The highest BCUT2D eigenvalue weighted by atomic mass is 32.2. The number of anilines is 2. The zero-order valence-electron chi connectivity index (χ0n) is 24.4. The summed E-state index contributed by atoms with van der Waals surface area (Å²) in [6.45, 7) is 0. The number of benzene rings is 4. The van der Waals surface area contributed by atoms with Gasteiger partial charge in [-0.3, -0.25) is 19.2 Å². The molecule has 46 heavy (non-hydrogen) atoms. The molecule has 0 atom stereocenters. The van der Waals surface area contributed by atoms with Gasteiger partial charge in [0.25, 0.3) is 17.7 Å². The summed E-state index contributed by atoms with van der Waals surface area (Å²) in [7, 11) is 0. The van der Waals surface area contributed by atoms with Crippen molar-refractivity contribution in [2.45, 2.75) is 11.3 Å². The number of carbonyl (C=O) groups excluding carboxylic acids is 4. The lowest BCUT2D eigenvalue weighted by atomic mass is 10.1. The number of H-pyrrole nitrogens is 1. The third-order valence-corrected chi connectivity index (χ3v) is 7.97. The van der Waals surface area contributed by atoms with E-state index in [0.717, 1.165) is 21.4 Å². The molecular formula is C35H28N6O4S. The highest BCUT2D eigenvalue weighted by molar-refractivity contribution is 8.00. The minimum absolute atomic E-state index is 0.00201. The molecule has 1 aliphatic rings. The van der Waals surface area contributed by atoms with E-state index >= 15 is 0 Å². The molecule has 228 valence electrons. The lowest BCUT2D eigenvalue weighted by Gasteiger charge is -2.12. The highest BCUT2D eigenvalue weighted by Crippen LogP contribution is 2.24. The maximum atomic E-state index is 13.5. The summed E-state index contributed by atoms with van der Waals surface area (Å²) >= 11 is 1.27. The Morgan fingerprint density at radius 1 is 0.870 bits per heavy atom. The van der Waals surface area contributed by atoms with Crippen LogP contribution in [0.25, 0.3) is 17.0 Å². The van der Waals surface area contributed by atoms with Crippen molar-refractivity contribution in [1.82, 2.24) is 15.6 Å². The van der Waals surface area contributed by atoms with Gasteiger partial charge in [0, 0.05) is 38.8 Å². The van der Waals surface area contributed by atoms with Gasteiger partial charge < -0.3 is 20.9 Å². The molecule has 4 amide bonds. The Morgan fingerprint density at radius 3 is 2.41 bits per heavy atom. The van der Waals surface area contributed by atoms with Crippen molar-refractivity contribution in [1.29, 1.82) is 0 Å². The first-order valence-corrected chi connectivity index (χ1v) is 15.4. The molecule has 0 saturated carbocycles. The van der Waals surface area contributed by atoms with E-state index in [1.165, 1.54) is 16.8 Å². The fraction of sp³-hybridized carbons (Fsp3) is 0.0571. The standard InChI is InChI=1S/C35H28N6O4S/c42-32(39-31-20-33(43)41(40-31)26-13-5-2-6-14-26)22-46-27-15-9-12-25(19-27)37-35(45)30(38-34(44)23-10-3-1-4-11-23)18-24-21-36-29-17-8-7-16-28(24)29/h1-19,21,36H,20,22H2,(H,37,45)(H,38,44)(H,39,40,42)/b30-18-. The summed E-state index contributed by atoms with van der Waals surface area (Å²) in [5.41, 5.74) is 3.23. The molecule has 4 N–H and O–H groups in total. The number of aromatic nitrogens is 1. The van der Waals surface area contributed by atoms with Crippen molar-refractivity contribution in [2.75, 3.05) is 16.1 Å². The Labute approximate surface area is 268 Å². The predicted molar refractivity (Wildman–Crippen MR) is 180 cm³/mol. The number of fused-ring (bicyclic) bond motifs is 1. The maximum absolute atomic E-state index is 13.5. The van der Waals surface area contributed by atoms with Crippen LogP contribution in [0.15, 0.2) is 131 Å². The van der Waals surface area contributed by atoms with Crippen LogP contribution in [0.1, 0.15) is 22.3 Å². The van der Waals surface area contributed by atoms with Gasteiger partial charge in [0.15, 0.2) is 0 Å². The van der Waals surface area contributed by atoms with Crippen LogP contribution < -0.4 is 21.0 Å². The number of hydrogen-bond donors (Lipinski definition) is 4. The second kappa shape index (κ2) is 13.8. The minimum Gasteiger partial charge on any atom is -0.361 e. The quantitative estimate of drug-likeness (QED) is 0.126. The predicted octanol–water partition coefficient (Wildman–Crippen LogP) is 5.54. The van der Waals surface area contributed by atoms with Crippen molar-refractivity contribution < 1.29 is 19.2 Å². The Kier molecular flexibility index (Phi) is 9.02. The van der Waals surface area contributed by atoms with Crippen LogP contribution in [-0.4, -0.2) is 40.2 Å². The van der Waals surface area contributed by atoms with Gasteiger partial charge in [-0.1, -0.05) is 60.7 Å². The Hall–Kier alpha value is -5.94. The van der Waals surface area contributed by atoms with E-state index in [2.05, 4.69) is 26.0 Å². The number of hydrazone groups is 1. The summed E-state index contributed by atoms with van der Waals surface area (Å²) in [6, 6.07) is 32.4. The van der Waals surface area contributed by atoms with Crippen molar-refractivity contribution in [2.24, 2.45) is 5.10 Å². The van der Waals surface area contributed by atoms with Gasteiger partial charge in [-0.2, -0.15) is 10.1 Å². The van der Waals surface area contributed by atoms with Crippen LogP contribution in [0.5, 0.6) is 0 Å². The summed E-state index contributed by atoms with van der Waals surface area (Å²) in [6.07, 6.45) is 3.41. The van der Waals surface area contributed by atoms with E-state index in [0.29, 0.717) is 16.9 Å². The summed E-state index contributed by atoms with van der Waals surface area (Å²) < 4.78 is 0. The molecule has 11 heteroatoms. The number of nitrogens with one attached hydrogen (secondary N) is 4. The monoisotopic (exact) mass is 628 g/mol. The fourth-order valence-corrected chi connectivity index (χ4v) is 5.54. The van der Waals surface area contributed by atoms with Crippen LogP contribution in [-0.2, 0) is 14.4 Å². The van der Waals surface area contributed by atoms with Crippen molar-refractivity contribution in [3.8, 4) is 0 Å². The van der Waals surface area contributed by atoms with E-state index in [9.17, 15) is 19.2 Å². The summed E-state index contributed by atoms with van der Waals surface area (Å²) in [4.78, 5) is 55.6. The van der Waals surface area contributed by atoms with Gasteiger partial charge in [-0.05, 0) is 54.6 Å². The molecule has 0 spiro atoms. The van der Waals surface area contributed by atoms with Crippen LogP contribution >= 0.6 is 11.8 Å². The number of nitrogens with zero attached hydrogens (tertiary/aromatic N) is 2. The molecule has 0 radical (unpaired) electrons. The number of amidine groups is 1. The molecule has 5 aromatic rings. The SMILES string of the molecule is O=C(CSc1cccc(NC(=O)/C(=C/c2c[nH]c3ccccc23)NC(=O)c2ccccc2)c1)NC1=NN(c2ccccc2)C(=O)C1. The van der Waals surface area contributed by atoms with Gasteiger partial charge in [0.2, 0.25) is 5.91 Å². The average Bonchev–Trinajstić information content (AvgIpc) is 3.66. The second-order valence-electron chi connectivity index (χ2n) is 10.3. The van der Waals surface area contributed by atoms with Gasteiger partial charge in [0.05, 0.1) is 17.9 Å². The van der Waals surface area contributed by atoms with Gasteiger partial charge in [-0.15, -0.1) is 11.8 Å². The largest absolute Gasteiger partial charge is 0.361 e. The molecule has 0 saturated heterocycles. The smallest absolute Gasteiger partial charge is 0.272 e. The normalized spacial score (nSPS) is 13.0. The topological polar surface area (TPSA) is 136 Å². The highest BCUT2D eigenvalue weighted by Gasteiger charge is 2.26. The minimum atomic E-state index is -0.513. The zero-order chi connectivity index (χ0) is 31.9. The van der Waals surface area contributed by atoms with Crippen molar-refractivity contribution in [3.63, 3.8) is 0 Å². The van der Waals surface area contributed by atoms with Gasteiger partial charge in [0.1, 0.15) is 11.5 Å². The molecule has 0 unspecified atom stereocenters. The lowest BCUT2D eigenvalue weighted by Crippen LogP contribution is -2.31. The summed E-state index contributed by atoms with van der Waals surface area (Å²) in [5, 5.41) is 14.8. The Morgan fingerprint density at radius 2 is 1.61 bits per heavy atom. The number of thioether (sulfide) groups is 1. The molecule has 6 rings (SSSR count). The number of carbonyl (C=O) groups is 4. The number of aromatic amines is 1. The molecule has 10 nitrogen and oxygen atoms in total. The molecule has 0 aliphatic carbocycles. The van der Waals surface area contributed by atoms with Gasteiger partial charge in [-0.25, -0.2) is 0 Å². The first-order valence-electron chi connectivity index (χ1n) is 14.4. The molecule has 0 bridgehead atoms. The van der Waals surface area contributed by atoms with Crippen molar-refractivity contribution >= 4 is 69.6 Å². The number of amides is 4. The van der Waals surface area contributed by atoms with E-state index in [-0.39, 0.29) is 35.5 Å². The zero-order valence-corrected chi connectivity index (χ0v) is 25.2. The first kappa shape index (κ1) is 30.1. The van der Waals surface area contributed by atoms with Crippen LogP contribution in [0.2, 0.25) is 0 Å². The molecular weight excluding hydrogens is 600 g/mol. The molecule has 1 aliphatic heterocycles. The van der Waals surface area contributed by atoms with Crippen LogP contribution in [0, 0.1) is 0 Å². The Bertz CT molecular complexity index is 1990. The Balaban J connectivity index is 1.12. The number of rotatable bonds is 9. The fourth-order valence-electron chi connectivity index (χ4n) is 4.79. The molecule has 0 fully saturated rings. The summed E-state index contributed by atoms with van der Waals surface area (Å²) in [5.74, 6) is -1.12. The van der Waals surface area contributed by atoms with Crippen LogP contribution in [0.4, 0.5) is 11.4 Å². The van der Waals surface area contributed by atoms with E-state index in [1.807, 2.05) is 54.6 Å². The molecule has 2 heterocycles. The molecule has 4 aromatic carbocycles. The second-order valence-corrected chi connectivity index (χ2v) is 11.3. The van der Waals surface area contributed by atoms with Crippen LogP contribution in [0.3, 0.4) is 0 Å². The van der Waals surface area contributed by atoms with E-state index < -0.39 is 11.8 Å². The number of hydrogen-bond acceptors (Lipinski definition) is 6. The van der Waals surface area contributed by atoms with Crippen molar-refractivity contribution in [3.05, 3.63) is 132 Å². The maximum Gasteiger partial charge on any atom is 0.272 e. The van der Waals surface area contributed by atoms with E-state index in [4.69, 9.17) is 0 Å². The average molecular weight is 629 g/mol. The van der Waals surface area contributed by atoms with Gasteiger partial charge >= 0.3 is 0 Å².